The molecule has 0 aliphatic heterocycles. The van der Waals surface area contributed by atoms with Gasteiger partial charge in [0.15, 0.2) is 5.13 Å². The first-order valence-corrected chi connectivity index (χ1v) is 10.6. The molecule has 2 heterocycles. The van der Waals surface area contributed by atoms with Gasteiger partial charge in [-0.15, -0.1) is 11.3 Å². The number of alkyl halides is 1. The highest BCUT2D eigenvalue weighted by atomic mass is 32.1. The van der Waals surface area contributed by atoms with E-state index in [2.05, 4.69) is 46.5 Å². The van der Waals surface area contributed by atoms with Gasteiger partial charge >= 0.3 is 0 Å². The second-order valence-corrected chi connectivity index (χ2v) is 8.84. The highest BCUT2D eigenvalue weighted by Gasteiger charge is 2.43. The lowest BCUT2D eigenvalue weighted by molar-refractivity contribution is -0.117. The van der Waals surface area contributed by atoms with Crippen molar-refractivity contribution in [3.63, 3.8) is 0 Å². The monoisotopic (exact) mass is 409 g/mol. The van der Waals surface area contributed by atoms with Crippen LogP contribution in [0.15, 0.2) is 48.0 Å². The van der Waals surface area contributed by atoms with Gasteiger partial charge in [0, 0.05) is 17.1 Å². The molecule has 0 spiro atoms. The summed E-state index contributed by atoms with van der Waals surface area (Å²) in [6.45, 7) is 2.09. The Kier molecular flexibility index (Phi) is 4.21. The standard InChI is InChI=1S/C21H16FN3OS2/c1-11-2-3-13(20-23-6-7-27-20)8-14(11)12-4-5-17-18(9-12)28-21(24-17)25-19(26)15-10-16(15)22/h2-9,15-16H,10H2,1H3,(H,24,25,26)/t15-,16?/m1/s1. The first-order valence-electron chi connectivity index (χ1n) is 8.95. The van der Waals surface area contributed by atoms with Crippen molar-refractivity contribution >= 4 is 43.9 Å². The van der Waals surface area contributed by atoms with Crippen LogP contribution in [-0.2, 0) is 4.79 Å². The van der Waals surface area contributed by atoms with Gasteiger partial charge in [0.2, 0.25) is 5.91 Å². The summed E-state index contributed by atoms with van der Waals surface area (Å²) in [4.78, 5) is 20.8. The van der Waals surface area contributed by atoms with Crippen molar-refractivity contribution in [2.75, 3.05) is 5.32 Å². The van der Waals surface area contributed by atoms with Crippen molar-refractivity contribution in [1.82, 2.24) is 9.97 Å². The first-order chi connectivity index (χ1) is 13.6. The Labute approximate surface area is 169 Å². The van der Waals surface area contributed by atoms with E-state index in [1.165, 1.54) is 16.9 Å². The van der Waals surface area contributed by atoms with Gasteiger partial charge < -0.3 is 5.32 Å². The summed E-state index contributed by atoms with van der Waals surface area (Å²) in [6, 6.07) is 12.4. The highest BCUT2D eigenvalue weighted by molar-refractivity contribution is 7.22. The third-order valence-corrected chi connectivity index (χ3v) is 6.65. The number of aromatic nitrogens is 2. The fourth-order valence-corrected chi connectivity index (χ4v) is 4.75. The molecular formula is C21H16FN3OS2. The van der Waals surface area contributed by atoms with E-state index in [4.69, 9.17) is 0 Å². The number of aryl methyl sites for hydroxylation is 1. The van der Waals surface area contributed by atoms with Gasteiger partial charge in [-0.05, 0) is 48.2 Å². The second kappa shape index (κ2) is 6.76. The molecule has 1 fully saturated rings. The van der Waals surface area contributed by atoms with Gasteiger partial charge in [-0.1, -0.05) is 29.5 Å². The van der Waals surface area contributed by atoms with Crippen LogP contribution >= 0.6 is 22.7 Å². The molecule has 2 aromatic heterocycles. The summed E-state index contributed by atoms with van der Waals surface area (Å²) >= 11 is 3.03. The summed E-state index contributed by atoms with van der Waals surface area (Å²) in [5.74, 6) is -0.794. The number of halogens is 1. The molecule has 28 heavy (non-hydrogen) atoms. The summed E-state index contributed by atoms with van der Waals surface area (Å²) in [5.41, 5.74) is 5.34. The van der Waals surface area contributed by atoms with Crippen molar-refractivity contribution < 1.29 is 9.18 Å². The van der Waals surface area contributed by atoms with Crippen LogP contribution in [0.5, 0.6) is 0 Å². The van der Waals surface area contributed by atoms with Crippen molar-refractivity contribution in [2.45, 2.75) is 19.5 Å². The van der Waals surface area contributed by atoms with Crippen LogP contribution in [0.4, 0.5) is 9.52 Å². The Morgan fingerprint density at radius 3 is 2.79 bits per heavy atom. The van der Waals surface area contributed by atoms with E-state index in [9.17, 15) is 9.18 Å². The fraction of sp³-hybridized carbons (Fsp3) is 0.190. The minimum absolute atomic E-state index is 0.279. The topological polar surface area (TPSA) is 54.9 Å². The zero-order chi connectivity index (χ0) is 19.3. The third-order valence-electron chi connectivity index (χ3n) is 4.90. The van der Waals surface area contributed by atoms with Crippen LogP contribution < -0.4 is 5.32 Å². The lowest BCUT2D eigenvalue weighted by atomic mass is 9.98. The smallest absolute Gasteiger partial charge is 0.232 e. The molecule has 140 valence electrons. The largest absolute Gasteiger partial charge is 0.302 e. The number of amides is 1. The summed E-state index contributed by atoms with van der Waals surface area (Å²) in [6.07, 6.45) is 1.12. The maximum Gasteiger partial charge on any atom is 0.232 e. The van der Waals surface area contributed by atoms with Gasteiger partial charge in [-0.2, -0.15) is 0 Å². The van der Waals surface area contributed by atoms with Crippen LogP contribution in [0.25, 0.3) is 31.9 Å². The van der Waals surface area contributed by atoms with Crippen LogP contribution in [0.2, 0.25) is 0 Å². The maximum absolute atomic E-state index is 13.1. The minimum Gasteiger partial charge on any atom is -0.302 e. The number of thiazole rings is 2. The minimum atomic E-state index is -1.01. The Morgan fingerprint density at radius 1 is 1.21 bits per heavy atom. The van der Waals surface area contributed by atoms with Crippen molar-refractivity contribution in [1.29, 1.82) is 0 Å². The summed E-state index contributed by atoms with van der Waals surface area (Å²) < 4.78 is 14.1. The number of nitrogens with one attached hydrogen (secondary N) is 1. The molecule has 1 amide bonds. The van der Waals surface area contributed by atoms with Crippen LogP contribution in [0.3, 0.4) is 0 Å². The molecule has 0 radical (unpaired) electrons. The number of nitrogens with zero attached hydrogens (tertiary/aromatic N) is 2. The first kappa shape index (κ1) is 17.5. The molecule has 1 N–H and O–H groups in total. The third kappa shape index (κ3) is 3.21. The average Bonchev–Trinajstić information content (AvgIpc) is 3.09. The fourth-order valence-electron chi connectivity index (χ4n) is 3.21. The van der Waals surface area contributed by atoms with Gasteiger partial charge in [0.25, 0.3) is 0 Å². The average molecular weight is 410 g/mol. The molecule has 4 nitrogen and oxygen atoms in total. The van der Waals surface area contributed by atoms with E-state index in [1.54, 1.807) is 11.3 Å². The molecule has 7 heteroatoms. The van der Waals surface area contributed by atoms with Crippen LogP contribution in [0.1, 0.15) is 12.0 Å². The molecule has 1 saturated carbocycles. The molecular weight excluding hydrogens is 393 g/mol. The number of carbonyl (C=O) groups is 1. The van der Waals surface area contributed by atoms with Gasteiger partial charge in [0.1, 0.15) is 11.2 Å². The lowest BCUT2D eigenvalue weighted by Crippen LogP contribution is -2.14. The predicted octanol–water partition coefficient (Wildman–Crippen LogP) is 5.69. The van der Waals surface area contributed by atoms with Crippen LogP contribution in [0, 0.1) is 12.8 Å². The molecule has 2 atom stereocenters. The normalized spacial score (nSPS) is 18.4. The maximum atomic E-state index is 13.1. The van der Waals surface area contributed by atoms with Gasteiger partial charge in [-0.25, -0.2) is 14.4 Å². The van der Waals surface area contributed by atoms with E-state index >= 15 is 0 Å². The molecule has 1 aliphatic carbocycles. The van der Waals surface area contributed by atoms with Gasteiger partial charge in [-0.3, -0.25) is 4.79 Å². The van der Waals surface area contributed by atoms with Crippen molar-refractivity contribution in [3.8, 4) is 21.7 Å². The Bertz CT molecular complexity index is 1190. The molecule has 0 saturated heterocycles. The molecule has 2 aromatic carbocycles. The number of carbonyl (C=O) groups excluding carboxylic acids is 1. The summed E-state index contributed by atoms with van der Waals surface area (Å²) in [7, 11) is 0. The number of fused-ring (bicyclic) bond motifs is 1. The van der Waals surface area contributed by atoms with E-state index in [1.807, 2.05) is 23.7 Å². The molecule has 5 rings (SSSR count). The number of rotatable bonds is 4. The SMILES string of the molecule is Cc1ccc(-c2nccs2)cc1-c1ccc2nc(NC(=O)[C@@H]3CC3F)sc2c1. The van der Waals surface area contributed by atoms with E-state index < -0.39 is 12.1 Å². The molecule has 1 aliphatic rings. The Morgan fingerprint density at radius 2 is 2.04 bits per heavy atom. The predicted molar refractivity (Wildman–Crippen MR) is 113 cm³/mol. The highest BCUT2D eigenvalue weighted by Crippen LogP contribution is 2.37. The number of hydrogen-bond donors (Lipinski definition) is 1. The van der Waals surface area contributed by atoms with Crippen molar-refractivity contribution in [2.24, 2.45) is 5.92 Å². The summed E-state index contributed by atoms with van der Waals surface area (Å²) in [5, 5.41) is 6.23. The molecule has 1 unspecified atom stereocenters. The molecule has 4 aromatic rings. The molecule has 0 bridgehead atoms. The quantitative estimate of drug-likeness (QED) is 0.471. The number of benzene rings is 2. The second-order valence-electron chi connectivity index (χ2n) is 6.92. The number of hydrogen-bond acceptors (Lipinski definition) is 5. The lowest BCUT2D eigenvalue weighted by Gasteiger charge is -2.08. The zero-order valence-electron chi connectivity index (χ0n) is 15.0. The van der Waals surface area contributed by atoms with Crippen molar-refractivity contribution in [3.05, 3.63) is 53.5 Å². The van der Waals surface area contributed by atoms with Gasteiger partial charge in [0.05, 0.1) is 16.1 Å². The Balaban J connectivity index is 1.48. The van der Waals surface area contributed by atoms with Crippen LogP contribution in [-0.4, -0.2) is 22.0 Å². The zero-order valence-corrected chi connectivity index (χ0v) is 16.6. The number of anilines is 1. The Hall–Kier alpha value is -2.64. The van der Waals surface area contributed by atoms with E-state index in [0.29, 0.717) is 11.6 Å². The van der Waals surface area contributed by atoms with E-state index in [0.717, 1.165) is 31.9 Å². The van der Waals surface area contributed by atoms with E-state index in [-0.39, 0.29) is 5.91 Å².